The molecule has 1 aliphatic heterocycles. The van der Waals surface area contributed by atoms with E-state index in [0.29, 0.717) is 29.0 Å². The van der Waals surface area contributed by atoms with Crippen LogP contribution in [0.4, 0.5) is 10.1 Å². The minimum absolute atomic E-state index is 0.00313. The van der Waals surface area contributed by atoms with E-state index in [1.807, 2.05) is 38.1 Å². The fraction of sp³-hybridized carbons (Fsp3) is 0.300. The van der Waals surface area contributed by atoms with Crippen LogP contribution in [0.3, 0.4) is 0 Å². The summed E-state index contributed by atoms with van der Waals surface area (Å²) in [6, 6.07) is 13.2. The summed E-state index contributed by atoms with van der Waals surface area (Å²) in [7, 11) is 0. The van der Waals surface area contributed by atoms with Crippen molar-refractivity contribution in [3.63, 3.8) is 0 Å². The third-order valence-electron chi connectivity index (χ3n) is 3.91. The number of amides is 1. The Labute approximate surface area is 162 Å². The summed E-state index contributed by atoms with van der Waals surface area (Å²) in [5.41, 5.74) is 0.680. The van der Waals surface area contributed by atoms with Crippen LogP contribution in [0.5, 0.6) is 11.5 Å². The maximum atomic E-state index is 13.2. The maximum Gasteiger partial charge on any atom is 0.266 e. The Morgan fingerprint density at radius 3 is 2.85 bits per heavy atom. The Bertz CT molecular complexity index is 843. The lowest BCUT2D eigenvalue weighted by Crippen LogP contribution is -2.40. The average Bonchev–Trinajstić information content (AvgIpc) is 3.02. The summed E-state index contributed by atoms with van der Waals surface area (Å²) in [4.78, 5) is 19.0. The third kappa shape index (κ3) is 4.80. The number of carbonyl (C=O) groups is 1. The number of para-hydroxylation sites is 2. The molecule has 0 N–H and O–H groups in total. The zero-order valence-corrected chi connectivity index (χ0v) is 16.0. The average molecular weight is 388 g/mol. The van der Waals surface area contributed by atoms with Crippen LogP contribution in [0.25, 0.3) is 0 Å². The summed E-state index contributed by atoms with van der Waals surface area (Å²) in [5.74, 6) is 1.13. The summed E-state index contributed by atoms with van der Waals surface area (Å²) in [6.07, 6.45) is 0. The fourth-order valence-electron chi connectivity index (χ4n) is 2.67. The van der Waals surface area contributed by atoms with Gasteiger partial charge in [-0.3, -0.25) is 9.69 Å². The van der Waals surface area contributed by atoms with Gasteiger partial charge in [-0.1, -0.05) is 30.0 Å². The summed E-state index contributed by atoms with van der Waals surface area (Å²) >= 11 is 1.52. The highest BCUT2D eigenvalue weighted by Crippen LogP contribution is 2.32. The van der Waals surface area contributed by atoms with Crippen LogP contribution < -0.4 is 9.47 Å². The van der Waals surface area contributed by atoms with E-state index in [1.54, 1.807) is 17.0 Å². The van der Waals surface area contributed by atoms with Crippen LogP contribution in [0, 0.1) is 5.82 Å². The Balaban J connectivity index is 1.75. The van der Waals surface area contributed by atoms with Crippen LogP contribution in [0.1, 0.15) is 13.8 Å². The molecule has 2 aromatic rings. The number of halogens is 1. The first-order valence-corrected chi connectivity index (χ1v) is 9.70. The monoisotopic (exact) mass is 388 g/mol. The van der Waals surface area contributed by atoms with Gasteiger partial charge in [0, 0.05) is 17.9 Å². The molecule has 1 aliphatic rings. The topological polar surface area (TPSA) is 51.1 Å². The fourth-order valence-corrected chi connectivity index (χ4v) is 3.79. The van der Waals surface area contributed by atoms with E-state index in [9.17, 15) is 9.18 Å². The highest BCUT2D eigenvalue weighted by atomic mass is 32.2. The van der Waals surface area contributed by atoms with Crippen molar-refractivity contribution in [3.05, 3.63) is 54.3 Å². The summed E-state index contributed by atoms with van der Waals surface area (Å²) in [6.45, 7) is 4.23. The molecular weight excluding hydrogens is 367 g/mol. The third-order valence-corrected chi connectivity index (χ3v) is 5.10. The Morgan fingerprint density at radius 2 is 2.07 bits per heavy atom. The normalized spacial score (nSPS) is 18.0. The molecule has 1 heterocycles. The van der Waals surface area contributed by atoms with Gasteiger partial charge in [0.15, 0.2) is 11.8 Å². The zero-order valence-electron chi connectivity index (χ0n) is 15.2. The van der Waals surface area contributed by atoms with Crippen molar-refractivity contribution in [1.29, 1.82) is 0 Å². The maximum absolute atomic E-state index is 13.2. The first-order valence-electron chi connectivity index (χ1n) is 8.72. The van der Waals surface area contributed by atoms with Crippen LogP contribution in [0.15, 0.2) is 53.5 Å². The molecule has 5 nitrogen and oxygen atoms in total. The number of benzene rings is 2. The van der Waals surface area contributed by atoms with Crippen LogP contribution in [-0.4, -0.2) is 41.0 Å². The minimum atomic E-state index is -0.403. The smallest absolute Gasteiger partial charge is 0.266 e. The first kappa shape index (κ1) is 19.2. The second-order valence-corrected chi connectivity index (χ2v) is 6.95. The molecule has 0 unspecified atom stereocenters. The lowest BCUT2D eigenvalue weighted by atomic mass is 10.3. The molecule has 0 aromatic heterocycles. The molecule has 142 valence electrons. The van der Waals surface area contributed by atoms with Crippen LogP contribution in [-0.2, 0) is 4.79 Å². The predicted molar refractivity (Wildman–Crippen MR) is 105 cm³/mol. The Hall–Kier alpha value is -2.54. The Kier molecular flexibility index (Phi) is 6.34. The zero-order chi connectivity index (χ0) is 19.2. The van der Waals surface area contributed by atoms with Gasteiger partial charge in [0.2, 0.25) is 0 Å². The number of carbonyl (C=O) groups excluding carboxylic acids is 1. The SMILES string of the molecule is CCOc1ccccc1N=C1SC[C@H](C)N1C(=O)COc1cccc(F)c1. The van der Waals surface area contributed by atoms with Gasteiger partial charge >= 0.3 is 0 Å². The number of hydrogen-bond donors (Lipinski definition) is 0. The highest BCUT2D eigenvalue weighted by molar-refractivity contribution is 8.14. The van der Waals surface area contributed by atoms with Crippen molar-refractivity contribution in [1.82, 2.24) is 4.90 Å². The molecule has 27 heavy (non-hydrogen) atoms. The number of aliphatic imine (C=N–C) groups is 1. The second kappa shape index (κ2) is 8.90. The molecule has 0 bridgehead atoms. The lowest BCUT2D eigenvalue weighted by molar-refractivity contribution is -0.130. The quantitative estimate of drug-likeness (QED) is 0.742. The minimum Gasteiger partial charge on any atom is -0.492 e. The number of hydrogen-bond acceptors (Lipinski definition) is 5. The number of amidine groups is 1. The molecule has 1 atom stereocenters. The lowest BCUT2D eigenvalue weighted by Gasteiger charge is -2.21. The van der Waals surface area contributed by atoms with E-state index >= 15 is 0 Å². The first-order chi connectivity index (χ1) is 13.1. The molecule has 0 saturated carbocycles. The van der Waals surface area contributed by atoms with Gasteiger partial charge < -0.3 is 9.47 Å². The van der Waals surface area contributed by atoms with Crippen molar-refractivity contribution in [2.24, 2.45) is 4.99 Å². The summed E-state index contributed by atoms with van der Waals surface area (Å²) < 4.78 is 24.3. The van der Waals surface area contributed by atoms with Crippen molar-refractivity contribution in [2.45, 2.75) is 19.9 Å². The molecule has 2 aromatic carbocycles. The van der Waals surface area contributed by atoms with Crippen molar-refractivity contribution < 1.29 is 18.7 Å². The highest BCUT2D eigenvalue weighted by Gasteiger charge is 2.32. The number of rotatable bonds is 6. The van der Waals surface area contributed by atoms with Gasteiger partial charge in [-0.05, 0) is 38.1 Å². The number of thioether (sulfide) groups is 1. The van der Waals surface area contributed by atoms with Gasteiger partial charge in [-0.25, -0.2) is 9.38 Å². The molecule has 1 saturated heterocycles. The van der Waals surface area contributed by atoms with E-state index < -0.39 is 5.82 Å². The van der Waals surface area contributed by atoms with Gasteiger partial charge in [0.1, 0.15) is 23.0 Å². The van der Waals surface area contributed by atoms with Crippen LogP contribution in [0.2, 0.25) is 0 Å². The van der Waals surface area contributed by atoms with Crippen molar-refractivity contribution >= 4 is 28.5 Å². The molecule has 0 radical (unpaired) electrons. The molecule has 0 aliphatic carbocycles. The van der Waals surface area contributed by atoms with Crippen LogP contribution >= 0.6 is 11.8 Å². The van der Waals surface area contributed by atoms with E-state index in [2.05, 4.69) is 4.99 Å². The van der Waals surface area contributed by atoms with Gasteiger partial charge in [0.05, 0.1) is 6.61 Å². The molecule has 3 rings (SSSR count). The van der Waals surface area contributed by atoms with E-state index in [-0.39, 0.29) is 18.6 Å². The molecule has 0 spiro atoms. The van der Waals surface area contributed by atoms with Crippen molar-refractivity contribution in [3.8, 4) is 11.5 Å². The number of nitrogens with zero attached hydrogens (tertiary/aromatic N) is 2. The van der Waals surface area contributed by atoms with E-state index in [4.69, 9.17) is 9.47 Å². The van der Waals surface area contributed by atoms with Gasteiger partial charge in [-0.15, -0.1) is 0 Å². The molecular formula is C20H21FN2O3S. The molecule has 7 heteroatoms. The molecule has 1 amide bonds. The van der Waals surface area contributed by atoms with E-state index in [1.165, 1.54) is 23.9 Å². The van der Waals surface area contributed by atoms with Gasteiger partial charge in [-0.2, -0.15) is 0 Å². The predicted octanol–water partition coefficient (Wildman–Crippen LogP) is 4.25. The van der Waals surface area contributed by atoms with E-state index in [0.717, 1.165) is 5.75 Å². The van der Waals surface area contributed by atoms with Gasteiger partial charge in [0.25, 0.3) is 5.91 Å². The number of ether oxygens (including phenoxy) is 2. The second-order valence-electron chi connectivity index (χ2n) is 5.96. The Morgan fingerprint density at radius 1 is 1.26 bits per heavy atom. The largest absolute Gasteiger partial charge is 0.492 e. The standard InChI is InChI=1S/C20H21FN2O3S/c1-3-25-18-10-5-4-9-17(18)22-20-23(14(2)13-27-20)19(24)12-26-16-8-6-7-15(21)11-16/h4-11,14H,3,12-13H2,1-2H3/t14-/m0/s1. The molecule has 1 fully saturated rings. The summed E-state index contributed by atoms with van der Waals surface area (Å²) in [5, 5.41) is 0.613. The van der Waals surface area contributed by atoms with Crippen molar-refractivity contribution in [2.75, 3.05) is 19.0 Å².